The fraction of sp³-hybridized carbons (Fsp3) is 0.304. The number of benzene rings is 2. The fourth-order valence-corrected chi connectivity index (χ4v) is 8.43. The monoisotopic (exact) mass is 460 g/mol. The Hall–Kier alpha value is -0.617. The first-order chi connectivity index (χ1) is 11.4. The van der Waals surface area contributed by atoms with Gasteiger partial charge in [0.25, 0.3) is 0 Å². The number of fused-ring (bicyclic) bond motifs is 3. The minimum Gasteiger partial charge on any atom is -1.00 e. The first-order valence-corrected chi connectivity index (χ1v) is 11.2. The van der Waals surface area contributed by atoms with Gasteiger partial charge in [0.2, 0.25) is 0 Å². The van der Waals surface area contributed by atoms with Crippen molar-refractivity contribution in [1.29, 1.82) is 0 Å². The van der Waals surface area contributed by atoms with E-state index < -0.39 is 23.2 Å². The second-order valence-electron chi connectivity index (χ2n) is 7.67. The van der Waals surface area contributed by atoms with Gasteiger partial charge in [-0.2, -0.15) is 0 Å². The Morgan fingerprint density at radius 2 is 1.46 bits per heavy atom. The van der Waals surface area contributed by atoms with Gasteiger partial charge in [0.1, 0.15) is 0 Å². The van der Waals surface area contributed by atoms with E-state index in [1.807, 2.05) is 0 Å². The molecule has 0 aliphatic heterocycles. The van der Waals surface area contributed by atoms with Gasteiger partial charge in [0.05, 0.1) is 0 Å². The summed E-state index contributed by atoms with van der Waals surface area (Å²) in [5.41, 5.74) is 11.0. The van der Waals surface area contributed by atoms with Gasteiger partial charge in [-0.05, 0) is 0 Å². The Bertz CT molecular complexity index is 920. The number of halogens is 2. The average molecular weight is 463 g/mol. The zero-order valence-corrected chi connectivity index (χ0v) is 20.0. The zero-order valence-electron chi connectivity index (χ0n) is 16.0. The predicted molar refractivity (Wildman–Crippen MR) is 99.2 cm³/mol. The van der Waals surface area contributed by atoms with E-state index in [0.29, 0.717) is 0 Å². The molecule has 2 aromatic rings. The van der Waals surface area contributed by atoms with Crippen molar-refractivity contribution in [2.75, 3.05) is 0 Å². The molecule has 0 bridgehead atoms. The smallest absolute Gasteiger partial charge is 1.00 e. The molecule has 2 aromatic carbocycles. The molecule has 134 valence electrons. The van der Waals surface area contributed by atoms with Crippen LogP contribution in [0.4, 0.5) is 0 Å². The molecule has 3 heteroatoms. The van der Waals surface area contributed by atoms with Crippen molar-refractivity contribution >= 4 is 3.27 Å². The number of rotatable bonds is 2. The van der Waals surface area contributed by atoms with E-state index >= 15 is 0 Å². The molecule has 0 amide bonds. The van der Waals surface area contributed by atoms with Crippen LogP contribution < -0.4 is 28.1 Å². The van der Waals surface area contributed by atoms with Crippen LogP contribution in [-0.2, 0) is 29.7 Å². The Labute approximate surface area is 181 Å². The van der Waals surface area contributed by atoms with E-state index in [4.69, 9.17) is 0 Å². The van der Waals surface area contributed by atoms with Crippen LogP contribution in [0.1, 0.15) is 45.7 Å². The second kappa shape index (κ2) is 7.78. The van der Waals surface area contributed by atoms with Crippen molar-refractivity contribution < 1.29 is 48.0 Å². The van der Waals surface area contributed by atoms with E-state index in [1.54, 1.807) is 23.3 Å². The van der Waals surface area contributed by atoms with Crippen LogP contribution in [0.3, 0.4) is 0 Å². The van der Waals surface area contributed by atoms with Crippen molar-refractivity contribution in [3.05, 3.63) is 73.6 Å². The summed E-state index contributed by atoms with van der Waals surface area (Å²) in [5.74, 6) is 0. The van der Waals surface area contributed by atoms with Gasteiger partial charge in [-0.1, -0.05) is 0 Å². The molecule has 2 aliphatic rings. The maximum absolute atomic E-state index is 2.43. The summed E-state index contributed by atoms with van der Waals surface area (Å²) in [6.45, 7) is 11.8. The maximum Gasteiger partial charge on any atom is -1.00 e. The molecule has 26 heavy (non-hydrogen) atoms. The van der Waals surface area contributed by atoms with Gasteiger partial charge < -0.3 is 24.8 Å². The first kappa shape index (κ1) is 21.7. The maximum atomic E-state index is 2.43. The van der Waals surface area contributed by atoms with Gasteiger partial charge in [-0.3, -0.25) is 0 Å². The Morgan fingerprint density at radius 3 is 2.12 bits per heavy atom. The van der Waals surface area contributed by atoms with Crippen LogP contribution in [0.15, 0.2) is 62.5 Å². The average Bonchev–Trinajstić information content (AvgIpc) is 3.02. The van der Waals surface area contributed by atoms with Crippen molar-refractivity contribution in [1.82, 2.24) is 0 Å². The first-order valence-electron chi connectivity index (χ1n) is 8.78. The molecule has 4 rings (SSSR count). The van der Waals surface area contributed by atoms with Gasteiger partial charge in [-0.15, -0.1) is 0 Å². The van der Waals surface area contributed by atoms with E-state index in [9.17, 15) is 0 Å². The summed E-state index contributed by atoms with van der Waals surface area (Å²) in [6.07, 6.45) is 1.13. The predicted octanol–water partition coefficient (Wildman–Crippen LogP) is -0.376. The second-order valence-corrected chi connectivity index (χ2v) is 10.8. The number of hydrogen-bond acceptors (Lipinski definition) is 0. The van der Waals surface area contributed by atoms with E-state index in [2.05, 4.69) is 77.1 Å². The molecule has 0 saturated carbocycles. The third-order valence-corrected chi connectivity index (χ3v) is 11.1. The van der Waals surface area contributed by atoms with Crippen LogP contribution >= 0.6 is 0 Å². The van der Waals surface area contributed by atoms with Gasteiger partial charge in [0.15, 0.2) is 0 Å². The molecule has 0 heterocycles. The van der Waals surface area contributed by atoms with Crippen LogP contribution in [0, 0.1) is 5.41 Å². The molecule has 0 spiro atoms. The molecule has 0 radical (unpaired) electrons. The van der Waals surface area contributed by atoms with Crippen molar-refractivity contribution in [3.63, 3.8) is 0 Å². The summed E-state index contributed by atoms with van der Waals surface area (Å²) >= 11 is -0.790. The molecule has 0 aromatic heterocycles. The topological polar surface area (TPSA) is 0 Å². The van der Waals surface area contributed by atoms with Gasteiger partial charge in [-0.25, -0.2) is 0 Å². The molecular weight excluding hydrogens is 438 g/mol. The minimum atomic E-state index is -0.790. The van der Waals surface area contributed by atoms with Crippen molar-refractivity contribution in [3.8, 4) is 11.1 Å². The largest absolute Gasteiger partial charge is 1.00 e. The third-order valence-electron chi connectivity index (χ3n) is 6.17. The summed E-state index contributed by atoms with van der Waals surface area (Å²) < 4.78 is 3.45. The molecule has 0 atom stereocenters. The van der Waals surface area contributed by atoms with E-state index in [0.717, 1.165) is 6.42 Å². The van der Waals surface area contributed by atoms with Crippen LogP contribution in [0.2, 0.25) is 0 Å². The molecule has 0 saturated heterocycles. The summed E-state index contributed by atoms with van der Waals surface area (Å²) in [5, 5.41) is 0. The quantitative estimate of drug-likeness (QED) is 0.488. The third kappa shape index (κ3) is 3.21. The zero-order chi connectivity index (χ0) is 17.1. The van der Waals surface area contributed by atoms with Crippen LogP contribution in [-0.4, -0.2) is 0 Å². The summed E-state index contributed by atoms with van der Waals surface area (Å²) in [7, 11) is 0. The van der Waals surface area contributed by atoms with Crippen LogP contribution in [0.25, 0.3) is 11.1 Å². The SMILES string of the molecule is CC1=C(C)C(C)(C)[C]([Zr+2][c]2cccc3c2Cc2ccccc2-3)=C1C.[Cl-].[Cl-]. The molecular formula is C23H24Cl2Zr. The normalized spacial score (nSPS) is 16.5. The molecule has 0 N–H and O–H groups in total. The molecule has 2 aliphatic carbocycles. The van der Waals surface area contributed by atoms with Crippen LogP contribution in [0.5, 0.6) is 0 Å². The van der Waals surface area contributed by atoms with Gasteiger partial charge in [0, 0.05) is 0 Å². The van der Waals surface area contributed by atoms with Crippen molar-refractivity contribution in [2.24, 2.45) is 5.41 Å². The molecule has 0 unspecified atom stereocenters. The number of allylic oxidation sites excluding steroid dienone is 4. The van der Waals surface area contributed by atoms with Crippen molar-refractivity contribution in [2.45, 2.75) is 41.0 Å². The minimum absolute atomic E-state index is 0. The fourth-order valence-electron chi connectivity index (χ4n) is 4.25. The molecule has 0 nitrogen and oxygen atoms in total. The Morgan fingerprint density at radius 1 is 0.808 bits per heavy atom. The Kier molecular flexibility index (Phi) is 6.49. The van der Waals surface area contributed by atoms with E-state index in [1.165, 1.54) is 22.3 Å². The Balaban J connectivity index is 0.00000121. The standard InChI is InChI=1S/C13H9.C10H15.2ClH.Zr/c1-3-7-12-10(5-1)9-11-6-2-4-8-13(11)12;1-7-6-10(4,5)9(3)8(7)2;;;/h1-5,7-8H,9H2;1-5H3;2*1H;/q;;;;+2/p-2. The summed E-state index contributed by atoms with van der Waals surface area (Å²) in [4.78, 5) is 0. The number of hydrogen-bond donors (Lipinski definition) is 0. The summed E-state index contributed by atoms with van der Waals surface area (Å²) in [6, 6.07) is 15.9. The van der Waals surface area contributed by atoms with E-state index in [-0.39, 0.29) is 30.2 Å². The molecule has 0 fully saturated rings. The van der Waals surface area contributed by atoms with Gasteiger partial charge >= 0.3 is 158 Å².